The van der Waals surface area contributed by atoms with E-state index in [0.29, 0.717) is 16.3 Å². The predicted octanol–water partition coefficient (Wildman–Crippen LogP) is 5.90. The highest BCUT2D eigenvalue weighted by Crippen LogP contribution is 2.25. The Morgan fingerprint density at radius 3 is 2.46 bits per heavy atom. The van der Waals surface area contributed by atoms with Gasteiger partial charge < -0.3 is 9.30 Å². The molecule has 0 unspecified atom stereocenters. The topological polar surface area (TPSA) is 43.6 Å². The van der Waals surface area contributed by atoms with Gasteiger partial charge >= 0.3 is 5.97 Å². The molecule has 1 heterocycles. The summed E-state index contributed by atoms with van der Waals surface area (Å²) in [5, 5.41) is 0.346. The van der Waals surface area contributed by atoms with Crippen molar-refractivity contribution in [2.45, 2.75) is 27.7 Å². The third-order valence-corrected chi connectivity index (χ3v) is 5.26. The molecule has 0 radical (unpaired) electrons. The molecule has 0 spiro atoms. The number of hydrogen-bond acceptors (Lipinski definition) is 3. The largest absolute Gasteiger partial charge is 0.465 e. The van der Waals surface area contributed by atoms with E-state index in [4.69, 9.17) is 16.3 Å². The van der Waals surface area contributed by atoms with E-state index in [-0.39, 0.29) is 0 Å². The standard InChI is InChI=1S/C23H23ClN2O2/c1-14-6-8-20(10-15(14)2)26-16(3)11-18(17(26)4)13-25-19-7-9-22(24)21(12-19)23(27)28-5/h6-13H,1-5H3. The fraction of sp³-hybridized carbons (Fsp3) is 0.217. The number of halogens is 1. The van der Waals surface area contributed by atoms with Crippen LogP contribution in [0.5, 0.6) is 0 Å². The number of methoxy groups -OCH3 is 1. The molecule has 0 amide bonds. The number of nitrogens with zero attached hydrogens (tertiary/aromatic N) is 2. The maximum absolute atomic E-state index is 11.8. The Balaban J connectivity index is 1.96. The zero-order valence-electron chi connectivity index (χ0n) is 16.7. The molecule has 5 heteroatoms. The first-order chi connectivity index (χ1) is 13.3. The SMILES string of the molecule is COC(=O)c1cc(N=Cc2cc(C)n(-c3ccc(C)c(C)c3)c2C)ccc1Cl. The van der Waals surface area contributed by atoms with Crippen LogP contribution < -0.4 is 0 Å². The molecule has 3 aromatic rings. The van der Waals surface area contributed by atoms with Crippen molar-refractivity contribution >= 4 is 29.5 Å². The summed E-state index contributed by atoms with van der Waals surface area (Å²) in [4.78, 5) is 16.3. The minimum atomic E-state index is -0.477. The van der Waals surface area contributed by atoms with Crippen LogP contribution in [0.1, 0.15) is 38.4 Å². The molecular formula is C23H23ClN2O2. The van der Waals surface area contributed by atoms with Gasteiger partial charge in [-0.3, -0.25) is 4.99 Å². The molecule has 2 aromatic carbocycles. The molecule has 4 nitrogen and oxygen atoms in total. The Morgan fingerprint density at radius 1 is 1.04 bits per heavy atom. The highest BCUT2D eigenvalue weighted by Gasteiger charge is 2.12. The van der Waals surface area contributed by atoms with Crippen molar-refractivity contribution in [1.82, 2.24) is 4.57 Å². The summed E-state index contributed by atoms with van der Waals surface area (Å²) in [5.41, 5.74) is 7.87. The highest BCUT2D eigenvalue weighted by molar-refractivity contribution is 6.33. The number of esters is 1. The second-order valence-corrected chi connectivity index (χ2v) is 7.25. The van der Waals surface area contributed by atoms with Gasteiger partial charge in [0.1, 0.15) is 0 Å². The van der Waals surface area contributed by atoms with Crippen LogP contribution in [0.3, 0.4) is 0 Å². The van der Waals surface area contributed by atoms with E-state index in [1.807, 2.05) is 6.21 Å². The quantitative estimate of drug-likeness (QED) is 0.408. The van der Waals surface area contributed by atoms with Gasteiger partial charge in [-0.15, -0.1) is 0 Å². The van der Waals surface area contributed by atoms with Crippen LogP contribution in [0.4, 0.5) is 5.69 Å². The van der Waals surface area contributed by atoms with Crippen molar-refractivity contribution in [2.75, 3.05) is 7.11 Å². The van der Waals surface area contributed by atoms with Gasteiger partial charge in [0.2, 0.25) is 0 Å². The van der Waals surface area contributed by atoms with E-state index >= 15 is 0 Å². The first-order valence-electron chi connectivity index (χ1n) is 9.00. The summed E-state index contributed by atoms with van der Waals surface area (Å²) < 4.78 is 6.98. The second-order valence-electron chi connectivity index (χ2n) is 6.84. The summed E-state index contributed by atoms with van der Waals surface area (Å²) in [6.07, 6.45) is 1.81. The predicted molar refractivity (Wildman–Crippen MR) is 115 cm³/mol. The van der Waals surface area contributed by atoms with Gasteiger partial charge in [0.15, 0.2) is 0 Å². The van der Waals surface area contributed by atoms with E-state index in [1.54, 1.807) is 18.2 Å². The number of benzene rings is 2. The van der Waals surface area contributed by atoms with Gasteiger partial charge in [0.05, 0.1) is 23.4 Å². The van der Waals surface area contributed by atoms with E-state index in [2.05, 4.69) is 61.5 Å². The number of rotatable bonds is 4. The van der Waals surface area contributed by atoms with Gasteiger partial charge in [-0.1, -0.05) is 17.7 Å². The summed E-state index contributed by atoms with van der Waals surface area (Å²) >= 11 is 6.07. The molecule has 0 aliphatic heterocycles. The molecule has 1 aromatic heterocycles. The van der Waals surface area contributed by atoms with E-state index in [9.17, 15) is 4.79 Å². The lowest BCUT2D eigenvalue weighted by Crippen LogP contribution is -2.01. The van der Waals surface area contributed by atoms with Crippen molar-refractivity contribution in [3.8, 4) is 5.69 Å². The Kier molecular flexibility index (Phi) is 5.71. The molecule has 0 aliphatic rings. The van der Waals surface area contributed by atoms with Gasteiger partial charge in [0, 0.05) is 28.9 Å². The summed E-state index contributed by atoms with van der Waals surface area (Å²) in [7, 11) is 1.33. The minimum absolute atomic E-state index is 0.305. The van der Waals surface area contributed by atoms with E-state index < -0.39 is 5.97 Å². The number of ether oxygens (including phenoxy) is 1. The molecule has 0 bridgehead atoms. The van der Waals surface area contributed by atoms with E-state index in [1.165, 1.54) is 18.2 Å². The Bertz CT molecular complexity index is 1080. The number of aromatic nitrogens is 1. The minimum Gasteiger partial charge on any atom is -0.465 e. The van der Waals surface area contributed by atoms with Crippen LogP contribution in [-0.2, 0) is 4.74 Å². The molecule has 28 heavy (non-hydrogen) atoms. The lowest BCUT2D eigenvalue weighted by molar-refractivity contribution is 0.0601. The van der Waals surface area contributed by atoms with Crippen LogP contribution in [0.15, 0.2) is 47.5 Å². The van der Waals surface area contributed by atoms with Crippen molar-refractivity contribution in [3.05, 3.63) is 81.1 Å². The Hall–Kier alpha value is -2.85. The maximum atomic E-state index is 11.8. The van der Waals surface area contributed by atoms with Crippen molar-refractivity contribution in [3.63, 3.8) is 0 Å². The van der Waals surface area contributed by atoms with Gasteiger partial charge in [-0.25, -0.2) is 4.79 Å². The molecule has 0 saturated heterocycles. The molecule has 0 saturated carbocycles. The summed E-state index contributed by atoms with van der Waals surface area (Å²) in [5.74, 6) is -0.477. The molecule has 0 fully saturated rings. The van der Waals surface area contributed by atoms with Crippen LogP contribution in [-0.4, -0.2) is 23.9 Å². The summed E-state index contributed by atoms with van der Waals surface area (Å²) in [6.45, 7) is 8.39. The van der Waals surface area contributed by atoms with Crippen molar-refractivity contribution < 1.29 is 9.53 Å². The zero-order valence-corrected chi connectivity index (χ0v) is 17.5. The molecule has 3 rings (SSSR count). The van der Waals surface area contributed by atoms with Crippen LogP contribution >= 0.6 is 11.6 Å². The van der Waals surface area contributed by atoms with Crippen LogP contribution in [0.25, 0.3) is 5.69 Å². The fourth-order valence-electron chi connectivity index (χ4n) is 3.18. The lowest BCUT2D eigenvalue weighted by atomic mass is 10.1. The summed E-state index contributed by atoms with van der Waals surface area (Å²) in [6, 6.07) is 13.6. The van der Waals surface area contributed by atoms with Crippen LogP contribution in [0, 0.1) is 27.7 Å². The molecule has 144 valence electrons. The number of aryl methyl sites for hydroxylation is 3. The molecule has 0 atom stereocenters. The normalized spacial score (nSPS) is 11.2. The Morgan fingerprint density at radius 2 is 1.79 bits per heavy atom. The van der Waals surface area contributed by atoms with Gasteiger partial charge in [-0.05, 0) is 75.2 Å². The average molecular weight is 395 g/mol. The lowest BCUT2D eigenvalue weighted by Gasteiger charge is -2.11. The van der Waals surface area contributed by atoms with Crippen molar-refractivity contribution in [2.24, 2.45) is 4.99 Å². The molecular weight excluding hydrogens is 372 g/mol. The average Bonchev–Trinajstić information content (AvgIpc) is 2.96. The number of hydrogen-bond donors (Lipinski definition) is 0. The first kappa shape index (κ1) is 19.9. The monoisotopic (exact) mass is 394 g/mol. The van der Waals surface area contributed by atoms with Crippen LogP contribution in [0.2, 0.25) is 5.02 Å². The zero-order chi connectivity index (χ0) is 20.4. The van der Waals surface area contributed by atoms with Gasteiger partial charge in [-0.2, -0.15) is 0 Å². The van der Waals surface area contributed by atoms with Crippen molar-refractivity contribution in [1.29, 1.82) is 0 Å². The number of carbonyl (C=O) groups excluding carboxylic acids is 1. The fourth-order valence-corrected chi connectivity index (χ4v) is 3.38. The molecule has 0 N–H and O–H groups in total. The number of carbonyl (C=O) groups is 1. The third kappa shape index (κ3) is 3.87. The Labute approximate surface area is 170 Å². The number of aliphatic imine (C=N–C) groups is 1. The highest BCUT2D eigenvalue weighted by atomic mass is 35.5. The van der Waals surface area contributed by atoms with E-state index in [0.717, 1.165) is 22.6 Å². The maximum Gasteiger partial charge on any atom is 0.339 e. The first-order valence-corrected chi connectivity index (χ1v) is 9.38. The third-order valence-electron chi connectivity index (χ3n) is 4.93. The van der Waals surface area contributed by atoms with Gasteiger partial charge in [0.25, 0.3) is 0 Å². The smallest absolute Gasteiger partial charge is 0.339 e. The second kappa shape index (κ2) is 8.03. The molecule has 0 aliphatic carbocycles.